The highest BCUT2D eigenvalue weighted by Gasteiger charge is 2.20. The summed E-state index contributed by atoms with van der Waals surface area (Å²) in [6.45, 7) is 2.12. The molecule has 0 radical (unpaired) electrons. The van der Waals surface area contributed by atoms with Crippen LogP contribution in [-0.2, 0) is 16.4 Å². The molecule has 0 aliphatic heterocycles. The van der Waals surface area contributed by atoms with Crippen LogP contribution in [0, 0.1) is 5.82 Å². The molecule has 0 saturated carbocycles. The zero-order valence-electron chi connectivity index (χ0n) is 13.2. The summed E-state index contributed by atoms with van der Waals surface area (Å²) in [4.78, 5) is -0.227. The predicted octanol–water partition coefficient (Wildman–Crippen LogP) is 3.98. The third-order valence-electron chi connectivity index (χ3n) is 3.44. The summed E-state index contributed by atoms with van der Waals surface area (Å²) in [6, 6.07) is 10.6. The maximum absolute atomic E-state index is 13.4. The largest absolute Gasteiger partial charge is 0.495 e. The normalized spacial score (nSPS) is 11.3. The Kier molecular flexibility index (Phi) is 5.60. The highest BCUT2D eigenvalue weighted by atomic mass is 32.2. The highest BCUT2D eigenvalue weighted by molar-refractivity contribution is 7.92. The number of sulfonamides is 1. The first kappa shape index (κ1) is 17.3. The first-order chi connectivity index (χ1) is 11.0. The number of unbranched alkanes of at least 4 members (excludes halogenated alkanes) is 1. The van der Waals surface area contributed by atoms with Crippen molar-refractivity contribution >= 4 is 15.7 Å². The van der Waals surface area contributed by atoms with E-state index in [9.17, 15) is 12.8 Å². The van der Waals surface area contributed by atoms with Crippen molar-refractivity contribution in [2.45, 2.75) is 31.1 Å². The smallest absolute Gasteiger partial charge is 0.265 e. The van der Waals surface area contributed by atoms with Gasteiger partial charge in [0.2, 0.25) is 0 Å². The number of nitrogens with one attached hydrogen (secondary N) is 1. The van der Waals surface area contributed by atoms with Gasteiger partial charge in [-0.2, -0.15) is 0 Å². The molecule has 1 N–H and O–H groups in total. The van der Waals surface area contributed by atoms with Gasteiger partial charge in [0.15, 0.2) is 0 Å². The summed E-state index contributed by atoms with van der Waals surface area (Å²) in [7, 11) is -2.58. The molecule has 6 heteroatoms. The second kappa shape index (κ2) is 7.46. The Labute approximate surface area is 136 Å². The second-order valence-electron chi connectivity index (χ2n) is 5.20. The lowest BCUT2D eigenvalue weighted by Crippen LogP contribution is -2.14. The topological polar surface area (TPSA) is 55.4 Å². The third-order valence-corrected chi connectivity index (χ3v) is 4.84. The maximum atomic E-state index is 13.4. The molecule has 2 aromatic carbocycles. The van der Waals surface area contributed by atoms with Crippen LogP contribution in [-0.4, -0.2) is 15.5 Å². The van der Waals surface area contributed by atoms with E-state index >= 15 is 0 Å². The number of methoxy groups -OCH3 is 1. The minimum Gasteiger partial charge on any atom is -0.495 e. The fourth-order valence-electron chi connectivity index (χ4n) is 2.19. The molecule has 2 aromatic rings. The summed E-state index contributed by atoms with van der Waals surface area (Å²) in [6.07, 6.45) is 3.15. The van der Waals surface area contributed by atoms with Crippen molar-refractivity contribution in [3.8, 4) is 5.75 Å². The standard InChI is InChI=1S/C17H20FNO3S/c1-3-4-5-13-6-9-15(10-7-13)19-23(20,21)17-12-14(18)8-11-16(17)22-2/h6-12,19H,3-5H2,1-2H3. The molecule has 124 valence electrons. The Morgan fingerprint density at radius 3 is 2.43 bits per heavy atom. The predicted molar refractivity (Wildman–Crippen MR) is 88.8 cm³/mol. The fraction of sp³-hybridized carbons (Fsp3) is 0.294. The van der Waals surface area contributed by atoms with Gasteiger partial charge in [-0.25, -0.2) is 12.8 Å². The SMILES string of the molecule is CCCCc1ccc(NS(=O)(=O)c2cc(F)ccc2OC)cc1. The van der Waals surface area contributed by atoms with Crippen LogP contribution in [0.1, 0.15) is 25.3 Å². The molecule has 0 saturated heterocycles. The lowest BCUT2D eigenvalue weighted by molar-refractivity contribution is 0.401. The number of halogens is 1. The van der Waals surface area contributed by atoms with Crippen molar-refractivity contribution in [2.75, 3.05) is 11.8 Å². The molecule has 0 aliphatic rings. The summed E-state index contributed by atoms with van der Waals surface area (Å²) in [5, 5.41) is 0. The van der Waals surface area contributed by atoms with Crippen LogP contribution < -0.4 is 9.46 Å². The van der Waals surface area contributed by atoms with Gasteiger partial charge in [0.1, 0.15) is 16.5 Å². The molecule has 23 heavy (non-hydrogen) atoms. The zero-order valence-corrected chi connectivity index (χ0v) is 14.0. The molecule has 0 atom stereocenters. The third kappa shape index (κ3) is 4.45. The number of ether oxygens (including phenoxy) is 1. The van der Waals surface area contributed by atoms with Gasteiger partial charge in [0.05, 0.1) is 7.11 Å². The van der Waals surface area contributed by atoms with Crippen molar-refractivity contribution in [1.29, 1.82) is 0 Å². The van der Waals surface area contributed by atoms with Crippen LogP contribution in [0.5, 0.6) is 5.75 Å². The summed E-state index contributed by atoms with van der Waals surface area (Å²) in [5.74, 6) is -0.542. The van der Waals surface area contributed by atoms with E-state index in [0.717, 1.165) is 37.0 Å². The van der Waals surface area contributed by atoms with Gasteiger partial charge >= 0.3 is 0 Å². The van der Waals surface area contributed by atoms with E-state index in [1.54, 1.807) is 12.1 Å². The van der Waals surface area contributed by atoms with E-state index in [-0.39, 0.29) is 10.6 Å². The number of rotatable bonds is 7. The summed E-state index contributed by atoms with van der Waals surface area (Å²) in [5.41, 5.74) is 1.58. The van der Waals surface area contributed by atoms with Gasteiger partial charge in [-0.3, -0.25) is 4.72 Å². The molecule has 0 aliphatic carbocycles. The molecule has 2 rings (SSSR count). The Bertz CT molecular complexity index is 758. The lowest BCUT2D eigenvalue weighted by atomic mass is 10.1. The first-order valence-corrected chi connectivity index (χ1v) is 8.90. The molecular formula is C17H20FNO3S. The van der Waals surface area contributed by atoms with Crippen molar-refractivity contribution in [3.05, 3.63) is 53.8 Å². The number of hydrogen-bond donors (Lipinski definition) is 1. The van der Waals surface area contributed by atoms with Crippen molar-refractivity contribution in [1.82, 2.24) is 0 Å². The molecule has 0 bridgehead atoms. The zero-order chi connectivity index (χ0) is 16.9. The van der Waals surface area contributed by atoms with Crippen LogP contribution in [0.15, 0.2) is 47.4 Å². The average Bonchev–Trinajstić information content (AvgIpc) is 2.54. The van der Waals surface area contributed by atoms with Crippen LogP contribution in [0.3, 0.4) is 0 Å². The van der Waals surface area contributed by atoms with Crippen LogP contribution in [0.4, 0.5) is 10.1 Å². The number of hydrogen-bond acceptors (Lipinski definition) is 3. The molecular weight excluding hydrogens is 317 g/mol. The van der Waals surface area contributed by atoms with E-state index in [1.165, 1.54) is 13.2 Å². The van der Waals surface area contributed by atoms with Gasteiger partial charge in [0.25, 0.3) is 10.0 Å². The Morgan fingerprint density at radius 2 is 1.83 bits per heavy atom. The summed E-state index contributed by atoms with van der Waals surface area (Å²) < 4.78 is 45.7. The van der Waals surface area contributed by atoms with Gasteiger partial charge in [-0.1, -0.05) is 25.5 Å². The molecule has 0 amide bonds. The number of anilines is 1. The van der Waals surface area contributed by atoms with Crippen molar-refractivity contribution in [3.63, 3.8) is 0 Å². The van der Waals surface area contributed by atoms with E-state index < -0.39 is 15.8 Å². The van der Waals surface area contributed by atoms with E-state index in [0.29, 0.717) is 5.69 Å². The molecule has 0 unspecified atom stereocenters. The summed E-state index contributed by atoms with van der Waals surface area (Å²) >= 11 is 0. The van der Waals surface area contributed by atoms with Crippen LogP contribution in [0.2, 0.25) is 0 Å². The molecule has 0 aromatic heterocycles. The van der Waals surface area contributed by atoms with E-state index in [2.05, 4.69) is 11.6 Å². The first-order valence-electron chi connectivity index (χ1n) is 7.41. The van der Waals surface area contributed by atoms with E-state index in [4.69, 9.17) is 4.74 Å². The Morgan fingerprint density at radius 1 is 1.13 bits per heavy atom. The average molecular weight is 337 g/mol. The fourth-order valence-corrected chi connectivity index (χ4v) is 3.43. The van der Waals surface area contributed by atoms with Crippen molar-refractivity contribution in [2.24, 2.45) is 0 Å². The van der Waals surface area contributed by atoms with Gasteiger partial charge in [-0.05, 0) is 48.7 Å². The van der Waals surface area contributed by atoms with Crippen LogP contribution in [0.25, 0.3) is 0 Å². The maximum Gasteiger partial charge on any atom is 0.265 e. The quantitative estimate of drug-likeness (QED) is 0.831. The monoisotopic (exact) mass is 337 g/mol. The highest BCUT2D eigenvalue weighted by Crippen LogP contribution is 2.26. The molecule has 4 nitrogen and oxygen atoms in total. The Hall–Kier alpha value is -2.08. The van der Waals surface area contributed by atoms with E-state index in [1.807, 2.05) is 12.1 Å². The minimum atomic E-state index is -3.92. The second-order valence-corrected chi connectivity index (χ2v) is 6.85. The molecule has 0 fully saturated rings. The minimum absolute atomic E-state index is 0.0958. The van der Waals surface area contributed by atoms with Gasteiger partial charge < -0.3 is 4.74 Å². The number of aryl methyl sites for hydroxylation is 1. The molecule has 0 spiro atoms. The Balaban J connectivity index is 2.23. The lowest BCUT2D eigenvalue weighted by Gasteiger charge is -2.12. The molecule has 0 heterocycles. The van der Waals surface area contributed by atoms with Gasteiger partial charge in [-0.15, -0.1) is 0 Å². The van der Waals surface area contributed by atoms with Crippen LogP contribution >= 0.6 is 0 Å². The van der Waals surface area contributed by atoms with Gasteiger partial charge in [0, 0.05) is 5.69 Å². The number of benzene rings is 2. The van der Waals surface area contributed by atoms with Crippen molar-refractivity contribution < 1.29 is 17.5 Å².